The lowest BCUT2D eigenvalue weighted by molar-refractivity contribution is -0.146. The third-order valence-electron chi connectivity index (χ3n) is 6.07. The summed E-state index contributed by atoms with van der Waals surface area (Å²) >= 11 is 0. The fourth-order valence-electron chi connectivity index (χ4n) is 4.54. The number of aliphatic hydroxyl groups is 1. The van der Waals surface area contributed by atoms with Crippen molar-refractivity contribution in [2.45, 2.75) is 38.5 Å². The maximum absolute atomic E-state index is 12.1. The number of carbonyl (C=O) groups excluding carboxylic acids is 1. The van der Waals surface area contributed by atoms with E-state index in [0.29, 0.717) is 13.2 Å². The molecule has 0 unspecified atom stereocenters. The van der Waals surface area contributed by atoms with Gasteiger partial charge in [0.05, 0.1) is 13.7 Å². The van der Waals surface area contributed by atoms with Gasteiger partial charge in [-0.3, -0.25) is 14.6 Å². The van der Waals surface area contributed by atoms with Crippen LogP contribution in [0.25, 0.3) is 0 Å². The minimum Gasteiger partial charge on any atom is -0.492 e. The van der Waals surface area contributed by atoms with Crippen LogP contribution < -0.4 is 9.47 Å². The second-order valence-corrected chi connectivity index (χ2v) is 8.37. The van der Waals surface area contributed by atoms with Crippen LogP contribution in [0.1, 0.15) is 29.5 Å². The molecule has 2 aliphatic heterocycles. The van der Waals surface area contributed by atoms with Crippen molar-refractivity contribution >= 4 is 5.97 Å². The highest BCUT2D eigenvalue weighted by atomic mass is 16.5. The van der Waals surface area contributed by atoms with Crippen LogP contribution >= 0.6 is 0 Å². The van der Waals surface area contributed by atoms with Gasteiger partial charge in [0.15, 0.2) is 0 Å². The van der Waals surface area contributed by atoms with E-state index in [4.69, 9.17) is 19.3 Å². The Morgan fingerprint density at radius 1 is 1.16 bits per heavy atom. The zero-order valence-electron chi connectivity index (χ0n) is 18.7. The van der Waals surface area contributed by atoms with Crippen molar-refractivity contribution < 1.29 is 24.1 Å². The maximum atomic E-state index is 12.1. The van der Waals surface area contributed by atoms with Gasteiger partial charge in [-0.2, -0.15) is 0 Å². The molecule has 0 spiro atoms. The molecule has 2 heterocycles. The molecule has 0 saturated carbocycles. The van der Waals surface area contributed by atoms with Gasteiger partial charge >= 0.3 is 5.97 Å². The smallest absolute Gasteiger partial charge is 0.323 e. The fraction of sp³-hybridized carbons (Fsp3) is 0.480. The van der Waals surface area contributed by atoms with E-state index in [1.54, 1.807) is 0 Å². The normalized spacial score (nSPS) is 19.1. The SMILES string of the molecule is COC(=O)[C@@H]1CCCN1Cc1ccc2c(c1)CN(Cc1cccc(OCCO)c1)CCO2. The van der Waals surface area contributed by atoms with Gasteiger partial charge in [-0.15, -0.1) is 0 Å². The lowest BCUT2D eigenvalue weighted by Crippen LogP contribution is -2.36. The molecule has 7 heteroatoms. The number of hydrogen-bond acceptors (Lipinski definition) is 7. The molecule has 4 rings (SSSR count). The molecule has 2 aromatic rings. The zero-order valence-corrected chi connectivity index (χ0v) is 18.7. The van der Waals surface area contributed by atoms with Crippen LogP contribution in [0.3, 0.4) is 0 Å². The van der Waals surface area contributed by atoms with E-state index in [1.807, 2.05) is 18.2 Å². The highest BCUT2D eigenvalue weighted by Crippen LogP contribution is 2.28. The number of methoxy groups -OCH3 is 1. The Morgan fingerprint density at radius 2 is 2.03 bits per heavy atom. The van der Waals surface area contributed by atoms with E-state index in [9.17, 15) is 4.79 Å². The molecule has 32 heavy (non-hydrogen) atoms. The number of aliphatic hydroxyl groups excluding tert-OH is 1. The van der Waals surface area contributed by atoms with Crippen molar-refractivity contribution in [3.63, 3.8) is 0 Å². The second-order valence-electron chi connectivity index (χ2n) is 8.37. The van der Waals surface area contributed by atoms with Gasteiger partial charge in [0.2, 0.25) is 0 Å². The molecule has 0 amide bonds. The molecule has 0 aromatic heterocycles. The van der Waals surface area contributed by atoms with Crippen LogP contribution in [0.2, 0.25) is 0 Å². The summed E-state index contributed by atoms with van der Waals surface area (Å²) in [6, 6.07) is 14.2. The van der Waals surface area contributed by atoms with Crippen LogP contribution in [-0.2, 0) is 29.2 Å². The third kappa shape index (κ3) is 5.59. The summed E-state index contributed by atoms with van der Waals surface area (Å²) in [6.07, 6.45) is 1.87. The standard InChI is InChI=1S/C25H32N2O5/c1-30-25(29)23-6-3-9-27(23)17-20-7-8-24-21(14-20)18-26(10-12-32-24)16-19-4-2-5-22(15-19)31-13-11-28/h2,4-5,7-8,14-15,23,28H,3,6,9-13,16-18H2,1H3/t23-/m0/s1. The number of benzene rings is 2. The first-order valence-corrected chi connectivity index (χ1v) is 11.3. The van der Waals surface area contributed by atoms with Crippen molar-refractivity contribution in [1.29, 1.82) is 0 Å². The Balaban J connectivity index is 1.44. The third-order valence-corrected chi connectivity index (χ3v) is 6.07. The number of esters is 1. The van der Waals surface area contributed by atoms with E-state index < -0.39 is 0 Å². The summed E-state index contributed by atoms with van der Waals surface area (Å²) in [5.41, 5.74) is 3.52. The average Bonchev–Trinajstić information content (AvgIpc) is 3.17. The maximum Gasteiger partial charge on any atom is 0.323 e. The van der Waals surface area contributed by atoms with E-state index >= 15 is 0 Å². The molecule has 0 bridgehead atoms. The molecule has 1 atom stereocenters. The largest absolute Gasteiger partial charge is 0.492 e. The summed E-state index contributed by atoms with van der Waals surface area (Å²) in [5, 5.41) is 8.98. The monoisotopic (exact) mass is 440 g/mol. The number of rotatable bonds is 8. The number of hydrogen-bond donors (Lipinski definition) is 1. The average molecular weight is 441 g/mol. The van der Waals surface area contributed by atoms with Gasteiger partial charge in [-0.25, -0.2) is 0 Å². The highest BCUT2D eigenvalue weighted by Gasteiger charge is 2.31. The number of ether oxygens (including phenoxy) is 3. The quantitative estimate of drug-likeness (QED) is 0.633. The summed E-state index contributed by atoms with van der Waals surface area (Å²) in [7, 11) is 1.46. The van der Waals surface area contributed by atoms with Crippen LogP contribution in [0, 0.1) is 0 Å². The van der Waals surface area contributed by atoms with Crippen molar-refractivity contribution in [1.82, 2.24) is 9.80 Å². The highest BCUT2D eigenvalue weighted by molar-refractivity contribution is 5.76. The second kappa shape index (κ2) is 10.8. The fourth-order valence-corrected chi connectivity index (χ4v) is 4.54. The predicted molar refractivity (Wildman–Crippen MR) is 121 cm³/mol. The Bertz CT molecular complexity index is 919. The van der Waals surface area contributed by atoms with Gasteiger partial charge in [-0.05, 0) is 54.8 Å². The molecule has 1 fully saturated rings. The van der Waals surface area contributed by atoms with Gasteiger partial charge < -0.3 is 19.3 Å². The van der Waals surface area contributed by atoms with Gasteiger partial charge in [-0.1, -0.05) is 18.2 Å². The molecule has 1 N–H and O–H groups in total. The Kier molecular flexibility index (Phi) is 7.63. The molecule has 0 aliphatic carbocycles. The van der Waals surface area contributed by atoms with E-state index in [1.165, 1.54) is 18.2 Å². The molecule has 2 aromatic carbocycles. The Hall–Kier alpha value is -2.61. The minimum atomic E-state index is -0.146. The zero-order chi connectivity index (χ0) is 22.3. The summed E-state index contributed by atoms with van der Waals surface area (Å²) in [5.74, 6) is 1.57. The van der Waals surface area contributed by atoms with Crippen LogP contribution in [0.5, 0.6) is 11.5 Å². The van der Waals surface area contributed by atoms with Gasteiger partial charge in [0.1, 0.15) is 30.8 Å². The number of fused-ring (bicyclic) bond motifs is 1. The lowest BCUT2D eigenvalue weighted by Gasteiger charge is -2.23. The first kappa shape index (κ1) is 22.6. The van der Waals surface area contributed by atoms with Crippen LogP contribution in [0.4, 0.5) is 0 Å². The topological polar surface area (TPSA) is 71.5 Å². The molecule has 0 radical (unpaired) electrons. The summed E-state index contributed by atoms with van der Waals surface area (Å²) in [4.78, 5) is 16.7. The minimum absolute atomic E-state index is 0.00458. The Morgan fingerprint density at radius 3 is 2.88 bits per heavy atom. The number of carbonyl (C=O) groups is 1. The van der Waals surface area contributed by atoms with E-state index in [2.05, 4.69) is 34.1 Å². The summed E-state index contributed by atoms with van der Waals surface area (Å²) < 4.78 is 16.5. The van der Waals surface area contributed by atoms with Crippen molar-refractivity contribution in [2.24, 2.45) is 0 Å². The molecule has 1 saturated heterocycles. The first-order chi connectivity index (χ1) is 15.7. The van der Waals surface area contributed by atoms with Gasteiger partial charge in [0, 0.05) is 31.7 Å². The van der Waals surface area contributed by atoms with Crippen molar-refractivity contribution in [2.75, 3.05) is 40.0 Å². The molecule has 172 valence electrons. The van der Waals surface area contributed by atoms with Gasteiger partial charge in [0.25, 0.3) is 0 Å². The first-order valence-electron chi connectivity index (χ1n) is 11.3. The van der Waals surface area contributed by atoms with Crippen LogP contribution in [0.15, 0.2) is 42.5 Å². The molecule has 2 aliphatic rings. The summed E-state index contributed by atoms with van der Waals surface area (Å²) in [6.45, 7) is 5.01. The van der Waals surface area contributed by atoms with Crippen LogP contribution in [-0.4, -0.2) is 66.9 Å². The number of likely N-dealkylation sites (tertiary alicyclic amines) is 1. The van der Waals surface area contributed by atoms with Crippen molar-refractivity contribution in [3.05, 3.63) is 59.2 Å². The van der Waals surface area contributed by atoms with Crippen molar-refractivity contribution in [3.8, 4) is 11.5 Å². The molecular formula is C25H32N2O5. The number of nitrogens with zero attached hydrogens (tertiary/aromatic N) is 2. The predicted octanol–water partition coefficient (Wildman–Crippen LogP) is 2.59. The molecular weight excluding hydrogens is 408 g/mol. The Labute approximate surface area is 189 Å². The molecule has 7 nitrogen and oxygen atoms in total. The van der Waals surface area contributed by atoms with E-state index in [0.717, 1.165) is 62.6 Å². The lowest BCUT2D eigenvalue weighted by atomic mass is 10.1. The van der Waals surface area contributed by atoms with E-state index in [-0.39, 0.29) is 18.6 Å².